The molecule has 0 unspecified atom stereocenters. The van der Waals surface area contributed by atoms with Gasteiger partial charge in [0.15, 0.2) is 0 Å². The highest BCUT2D eigenvalue weighted by atomic mass is 79.9. The van der Waals surface area contributed by atoms with Gasteiger partial charge < -0.3 is 4.98 Å². The highest BCUT2D eigenvalue weighted by Crippen LogP contribution is 2.32. The van der Waals surface area contributed by atoms with E-state index in [0.717, 1.165) is 10.9 Å². The third-order valence-corrected chi connectivity index (χ3v) is 3.56. The fourth-order valence-electron chi connectivity index (χ4n) is 2.37. The number of aromatic nitrogens is 1. The maximum atomic E-state index is 3.59. The van der Waals surface area contributed by atoms with Gasteiger partial charge in [-0.3, -0.25) is 0 Å². The van der Waals surface area contributed by atoms with Crippen molar-refractivity contribution in [2.24, 2.45) is 5.41 Å². The lowest BCUT2D eigenvalue weighted by Gasteiger charge is -2.18. The Morgan fingerprint density at radius 2 is 1.82 bits per heavy atom. The summed E-state index contributed by atoms with van der Waals surface area (Å²) in [5, 5.41) is 1.37. The number of halogens is 1. The Labute approximate surface area is 112 Å². The molecule has 1 aromatic heterocycles. The molecule has 0 saturated heterocycles. The lowest BCUT2D eigenvalue weighted by Crippen LogP contribution is -2.09. The normalized spacial score (nSPS) is 12.4. The molecule has 0 aliphatic rings. The second kappa shape index (κ2) is 4.16. The van der Waals surface area contributed by atoms with Gasteiger partial charge in [0.05, 0.1) is 0 Å². The summed E-state index contributed by atoms with van der Waals surface area (Å²) < 4.78 is 1.16. The van der Waals surface area contributed by atoms with Crippen molar-refractivity contribution in [2.45, 2.75) is 41.0 Å². The topological polar surface area (TPSA) is 15.8 Å². The first-order valence-corrected chi connectivity index (χ1v) is 6.84. The molecule has 0 fully saturated rings. The Morgan fingerprint density at radius 3 is 2.41 bits per heavy atom. The summed E-state index contributed by atoms with van der Waals surface area (Å²) in [6, 6.07) is 4.39. The number of nitrogens with one attached hydrogen (secondary N) is 1. The van der Waals surface area contributed by atoms with Crippen LogP contribution >= 0.6 is 15.9 Å². The van der Waals surface area contributed by atoms with Crippen LogP contribution in [-0.2, 0) is 6.42 Å². The van der Waals surface area contributed by atoms with Crippen LogP contribution in [0.25, 0.3) is 10.9 Å². The van der Waals surface area contributed by atoms with E-state index in [1.807, 2.05) is 0 Å². The van der Waals surface area contributed by atoms with Gasteiger partial charge in [-0.1, -0.05) is 36.7 Å². The van der Waals surface area contributed by atoms with E-state index < -0.39 is 0 Å². The fourth-order valence-corrected chi connectivity index (χ4v) is 2.94. The summed E-state index contributed by atoms with van der Waals surface area (Å²) in [5.41, 5.74) is 5.66. The van der Waals surface area contributed by atoms with E-state index in [2.05, 4.69) is 67.7 Å². The molecule has 0 amide bonds. The average molecular weight is 294 g/mol. The van der Waals surface area contributed by atoms with Gasteiger partial charge in [-0.25, -0.2) is 0 Å². The standard InChI is InChI=1S/C15H20BrN/c1-9-6-11(16)7-12-13(8-15(3,4)5)10(2)17-14(9)12/h6-7,17H,8H2,1-5H3. The number of aryl methyl sites for hydroxylation is 2. The SMILES string of the molecule is Cc1[nH]c2c(C)cc(Br)cc2c1CC(C)(C)C. The third kappa shape index (κ3) is 2.57. The molecular weight excluding hydrogens is 274 g/mol. The van der Waals surface area contributed by atoms with Gasteiger partial charge in [-0.15, -0.1) is 0 Å². The summed E-state index contributed by atoms with van der Waals surface area (Å²) in [6.45, 7) is 11.2. The Morgan fingerprint density at radius 1 is 1.18 bits per heavy atom. The smallest absolute Gasteiger partial charge is 0.0489 e. The fraction of sp³-hybridized carbons (Fsp3) is 0.467. The van der Waals surface area contributed by atoms with Crippen LogP contribution in [0, 0.1) is 19.3 Å². The van der Waals surface area contributed by atoms with Gasteiger partial charge in [0.1, 0.15) is 0 Å². The summed E-state index contributed by atoms with van der Waals surface area (Å²) >= 11 is 3.59. The summed E-state index contributed by atoms with van der Waals surface area (Å²) in [7, 11) is 0. The van der Waals surface area contributed by atoms with Crippen LogP contribution in [0.5, 0.6) is 0 Å². The van der Waals surface area contributed by atoms with Crippen LogP contribution in [0.15, 0.2) is 16.6 Å². The van der Waals surface area contributed by atoms with Crippen molar-refractivity contribution in [3.63, 3.8) is 0 Å². The quantitative estimate of drug-likeness (QED) is 0.750. The van der Waals surface area contributed by atoms with Gasteiger partial charge in [-0.2, -0.15) is 0 Å². The summed E-state index contributed by atoms with van der Waals surface area (Å²) in [6.07, 6.45) is 1.11. The van der Waals surface area contributed by atoms with Crippen molar-refractivity contribution in [1.29, 1.82) is 0 Å². The number of fused-ring (bicyclic) bond motifs is 1. The van der Waals surface area contributed by atoms with Crippen molar-refractivity contribution in [3.05, 3.63) is 33.4 Å². The number of H-pyrrole nitrogens is 1. The number of hydrogen-bond acceptors (Lipinski definition) is 0. The Kier molecular flexibility index (Phi) is 3.11. The maximum absolute atomic E-state index is 3.59. The number of benzene rings is 1. The van der Waals surface area contributed by atoms with Crippen molar-refractivity contribution in [1.82, 2.24) is 4.98 Å². The minimum Gasteiger partial charge on any atom is -0.358 e. The molecular formula is C15H20BrN. The molecule has 1 aromatic carbocycles. The zero-order chi connectivity index (χ0) is 12.8. The molecule has 1 heterocycles. The van der Waals surface area contributed by atoms with Crippen molar-refractivity contribution in [3.8, 4) is 0 Å². The molecule has 0 aliphatic carbocycles. The van der Waals surface area contributed by atoms with Crippen LogP contribution in [0.2, 0.25) is 0 Å². The monoisotopic (exact) mass is 293 g/mol. The molecule has 1 nitrogen and oxygen atoms in total. The molecule has 0 radical (unpaired) electrons. The van der Waals surface area contributed by atoms with Crippen LogP contribution in [-0.4, -0.2) is 4.98 Å². The predicted molar refractivity (Wildman–Crippen MR) is 78.6 cm³/mol. The van der Waals surface area contributed by atoms with E-state index in [4.69, 9.17) is 0 Å². The second-order valence-electron chi connectivity index (χ2n) is 6.11. The van der Waals surface area contributed by atoms with Crippen molar-refractivity contribution in [2.75, 3.05) is 0 Å². The zero-order valence-corrected chi connectivity index (χ0v) is 12.8. The molecule has 2 rings (SSSR count). The molecule has 2 heteroatoms. The van der Waals surface area contributed by atoms with Gasteiger partial charge >= 0.3 is 0 Å². The zero-order valence-electron chi connectivity index (χ0n) is 11.2. The Bertz CT molecular complexity index is 558. The van der Waals surface area contributed by atoms with Crippen molar-refractivity contribution >= 4 is 26.8 Å². The number of aromatic amines is 1. The largest absolute Gasteiger partial charge is 0.358 e. The van der Waals surface area contributed by atoms with Crippen LogP contribution in [0.1, 0.15) is 37.6 Å². The van der Waals surface area contributed by atoms with E-state index >= 15 is 0 Å². The van der Waals surface area contributed by atoms with E-state index in [1.165, 1.54) is 27.7 Å². The minimum atomic E-state index is 0.316. The first-order chi connectivity index (χ1) is 7.78. The highest BCUT2D eigenvalue weighted by molar-refractivity contribution is 9.10. The van der Waals surface area contributed by atoms with Crippen LogP contribution in [0.4, 0.5) is 0 Å². The molecule has 0 spiro atoms. The summed E-state index contributed by atoms with van der Waals surface area (Å²) in [5.74, 6) is 0. The minimum absolute atomic E-state index is 0.316. The van der Waals surface area contributed by atoms with E-state index in [9.17, 15) is 0 Å². The molecule has 0 bridgehead atoms. The Hall–Kier alpha value is -0.760. The molecule has 17 heavy (non-hydrogen) atoms. The van der Waals surface area contributed by atoms with Crippen LogP contribution in [0.3, 0.4) is 0 Å². The maximum Gasteiger partial charge on any atom is 0.0489 e. The first-order valence-electron chi connectivity index (χ1n) is 6.05. The molecule has 0 aliphatic heterocycles. The van der Waals surface area contributed by atoms with Crippen molar-refractivity contribution < 1.29 is 0 Å². The molecule has 92 valence electrons. The predicted octanol–water partition coefficient (Wildman–Crippen LogP) is 5.14. The Balaban J connectivity index is 2.66. The first kappa shape index (κ1) is 12.7. The average Bonchev–Trinajstić information content (AvgIpc) is 2.43. The van der Waals surface area contributed by atoms with E-state index in [-0.39, 0.29) is 0 Å². The van der Waals surface area contributed by atoms with Gasteiger partial charge in [0, 0.05) is 21.1 Å². The van der Waals surface area contributed by atoms with Gasteiger partial charge in [0.2, 0.25) is 0 Å². The van der Waals surface area contributed by atoms with Gasteiger partial charge in [0.25, 0.3) is 0 Å². The molecule has 0 saturated carbocycles. The molecule has 0 atom stereocenters. The lowest BCUT2D eigenvalue weighted by atomic mass is 9.87. The van der Waals surface area contributed by atoms with E-state index in [0.29, 0.717) is 5.41 Å². The second-order valence-corrected chi connectivity index (χ2v) is 7.03. The van der Waals surface area contributed by atoms with E-state index in [1.54, 1.807) is 0 Å². The summed E-state index contributed by atoms with van der Waals surface area (Å²) in [4.78, 5) is 3.52. The lowest BCUT2D eigenvalue weighted by molar-refractivity contribution is 0.411. The van der Waals surface area contributed by atoms with Gasteiger partial charge in [-0.05, 0) is 48.9 Å². The van der Waals surface area contributed by atoms with Crippen LogP contribution < -0.4 is 0 Å². The third-order valence-electron chi connectivity index (χ3n) is 3.10. The highest BCUT2D eigenvalue weighted by Gasteiger charge is 2.17. The molecule has 1 N–H and O–H groups in total. The number of hydrogen-bond donors (Lipinski definition) is 1. The molecule has 2 aromatic rings. The number of rotatable bonds is 1.